The molecule has 130 valence electrons. The lowest BCUT2D eigenvalue weighted by atomic mass is 10.2. The summed E-state index contributed by atoms with van der Waals surface area (Å²) < 4.78 is 9.24. The lowest BCUT2D eigenvalue weighted by molar-refractivity contribution is 0.0495. The van der Waals surface area contributed by atoms with Gasteiger partial charge in [0.1, 0.15) is 0 Å². The standard InChI is InChI=1S/C17H18N4O4/c1-19-11-18-14-13(19)15(22)21(17(24)20(14)2)9-6-10-25-16(23)12-7-4-3-5-8-12/h3-5,7-8,11H,6,9-10H2,1-2H3. The lowest BCUT2D eigenvalue weighted by Crippen LogP contribution is -2.39. The first kappa shape index (κ1) is 16.7. The van der Waals surface area contributed by atoms with Crippen molar-refractivity contribution in [1.82, 2.24) is 18.7 Å². The Labute approximate surface area is 142 Å². The molecule has 8 nitrogen and oxygen atoms in total. The van der Waals surface area contributed by atoms with Crippen LogP contribution in [0.25, 0.3) is 11.2 Å². The minimum atomic E-state index is -0.439. The summed E-state index contributed by atoms with van der Waals surface area (Å²) in [5.74, 6) is -0.428. The van der Waals surface area contributed by atoms with Crippen molar-refractivity contribution in [3.8, 4) is 0 Å². The third-order valence-electron chi connectivity index (χ3n) is 3.97. The summed E-state index contributed by atoms with van der Waals surface area (Å²) in [6.07, 6.45) is 1.86. The molecule has 0 saturated heterocycles. The first-order valence-electron chi connectivity index (χ1n) is 7.83. The van der Waals surface area contributed by atoms with Crippen molar-refractivity contribution in [3.05, 3.63) is 63.1 Å². The van der Waals surface area contributed by atoms with E-state index in [1.807, 2.05) is 6.07 Å². The number of hydrogen-bond acceptors (Lipinski definition) is 5. The maximum atomic E-state index is 12.5. The highest BCUT2D eigenvalue weighted by molar-refractivity contribution is 5.89. The molecule has 0 bridgehead atoms. The Morgan fingerprint density at radius 2 is 1.88 bits per heavy atom. The fourth-order valence-corrected chi connectivity index (χ4v) is 2.64. The van der Waals surface area contributed by atoms with E-state index in [0.29, 0.717) is 23.1 Å². The number of hydrogen-bond donors (Lipinski definition) is 0. The maximum Gasteiger partial charge on any atom is 0.338 e. The largest absolute Gasteiger partial charge is 0.462 e. The number of aromatic nitrogens is 4. The van der Waals surface area contributed by atoms with Crippen molar-refractivity contribution < 1.29 is 9.53 Å². The molecule has 0 aliphatic carbocycles. The predicted molar refractivity (Wildman–Crippen MR) is 91.6 cm³/mol. The third kappa shape index (κ3) is 3.10. The van der Waals surface area contributed by atoms with Gasteiger partial charge in [0.2, 0.25) is 0 Å². The maximum absolute atomic E-state index is 12.5. The van der Waals surface area contributed by atoms with Crippen LogP contribution in [0, 0.1) is 0 Å². The molecule has 0 atom stereocenters. The number of carbonyl (C=O) groups is 1. The Hall–Kier alpha value is -3.16. The number of aryl methyl sites for hydroxylation is 2. The number of fused-ring (bicyclic) bond motifs is 1. The Kier molecular flexibility index (Phi) is 4.51. The van der Waals surface area contributed by atoms with Gasteiger partial charge in [-0.15, -0.1) is 0 Å². The minimum Gasteiger partial charge on any atom is -0.462 e. The molecule has 1 aromatic carbocycles. The number of nitrogens with zero attached hydrogens (tertiary/aromatic N) is 4. The molecule has 3 rings (SSSR count). The van der Waals surface area contributed by atoms with Gasteiger partial charge in [-0.3, -0.25) is 13.9 Å². The van der Waals surface area contributed by atoms with Gasteiger partial charge in [-0.25, -0.2) is 14.6 Å². The SMILES string of the molecule is Cn1cnc2c1c(=O)n(CCCOC(=O)c1ccccc1)c(=O)n2C. The van der Waals surface area contributed by atoms with E-state index in [1.54, 1.807) is 42.9 Å². The van der Waals surface area contributed by atoms with Gasteiger partial charge in [-0.1, -0.05) is 18.2 Å². The van der Waals surface area contributed by atoms with Crippen LogP contribution in [-0.4, -0.2) is 31.3 Å². The summed E-state index contributed by atoms with van der Waals surface area (Å²) in [5, 5.41) is 0. The third-order valence-corrected chi connectivity index (χ3v) is 3.97. The molecule has 25 heavy (non-hydrogen) atoms. The first-order chi connectivity index (χ1) is 12.0. The number of benzene rings is 1. The number of esters is 1. The zero-order valence-electron chi connectivity index (χ0n) is 14.0. The molecule has 2 aromatic heterocycles. The zero-order chi connectivity index (χ0) is 18.0. The average molecular weight is 342 g/mol. The average Bonchev–Trinajstić information content (AvgIpc) is 3.01. The van der Waals surface area contributed by atoms with Crippen LogP contribution in [0.5, 0.6) is 0 Å². The van der Waals surface area contributed by atoms with Crippen molar-refractivity contribution in [2.75, 3.05) is 6.61 Å². The molecule has 0 fully saturated rings. The summed E-state index contributed by atoms with van der Waals surface area (Å²) in [5.41, 5.74) is 0.345. The van der Waals surface area contributed by atoms with Gasteiger partial charge in [0.05, 0.1) is 18.5 Å². The molecular weight excluding hydrogens is 324 g/mol. The van der Waals surface area contributed by atoms with Crippen LogP contribution in [0.1, 0.15) is 16.8 Å². The van der Waals surface area contributed by atoms with E-state index in [4.69, 9.17) is 4.74 Å². The van der Waals surface area contributed by atoms with Crippen molar-refractivity contribution in [1.29, 1.82) is 0 Å². The molecule has 0 N–H and O–H groups in total. The molecule has 0 unspecified atom stereocenters. The van der Waals surface area contributed by atoms with Gasteiger partial charge in [-0.05, 0) is 18.6 Å². The second kappa shape index (κ2) is 6.76. The summed E-state index contributed by atoms with van der Waals surface area (Å²) in [6.45, 7) is 0.279. The van der Waals surface area contributed by atoms with Crippen molar-refractivity contribution in [2.24, 2.45) is 14.1 Å². The van der Waals surface area contributed by atoms with E-state index < -0.39 is 17.2 Å². The van der Waals surface area contributed by atoms with E-state index >= 15 is 0 Å². The smallest absolute Gasteiger partial charge is 0.338 e. The van der Waals surface area contributed by atoms with Crippen LogP contribution in [0.15, 0.2) is 46.2 Å². The van der Waals surface area contributed by atoms with E-state index in [0.717, 1.165) is 4.57 Å². The fourth-order valence-electron chi connectivity index (χ4n) is 2.64. The number of ether oxygens (including phenoxy) is 1. The Balaban J connectivity index is 1.72. The lowest BCUT2D eigenvalue weighted by Gasteiger charge is -2.09. The van der Waals surface area contributed by atoms with Gasteiger partial charge in [0.25, 0.3) is 5.56 Å². The van der Waals surface area contributed by atoms with Gasteiger partial charge >= 0.3 is 11.7 Å². The topological polar surface area (TPSA) is 88.1 Å². The molecule has 0 saturated carbocycles. The highest BCUT2D eigenvalue weighted by Crippen LogP contribution is 2.04. The van der Waals surface area contributed by atoms with Gasteiger partial charge < -0.3 is 9.30 Å². The van der Waals surface area contributed by atoms with E-state index in [2.05, 4.69) is 4.98 Å². The van der Waals surface area contributed by atoms with Gasteiger partial charge in [0, 0.05) is 20.6 Å². The molecule has 0 aliphatic rings. The molecule has 8 heteroatoms. The van der Waals surface area contributed by atoms with Crippen LogP contribution >= 0.6 is 0 Å². The van der Waals surface area contributed by atoms with Crippen LogP contribution in [-0.2, 0) is 25.4 Å². The van der Waals surface area contributed by atoms with E-state index in [9.17, 15) is 14.4 Å². The van der Waals surface area contributed by atoms with Crippen molar-refractivity contribution >= 4 is 17.1 Å². The highest BCUT2D eigenvalue weighted by Gasteiger charge is 2.14. The predicted octanol–water partition coefficient (Wildman–Crippen LogP) is 0.681. The van der Waals surface area contributed by atoms with Crippen LogP contribution in [0.2, 0.25) is 0 Å². The normalized spacial score (nSPS) is 11.0. The summed E-state index contributed by atoms with van der Waals surface area (Å²) in [6, 6.07) is 8.65. The molecule has 0 spiro atoms. The Bertz CT molecular complexity index is 1030. The van der Waals surface area contributed by atoms with Crippen molar-refractivity contribution in [3.63, 3.8) is 0 Å². The second-order valence-corrected chi connectivity index (χ2v) is 5.68. The summed E-state index contributed by atoms with van der Waals surface area (Å²) in [7, 11) is 3.27. The molecule has 0 radical (unpaired) electrons. The fraction of sp³-hybridized carbons (Fsp3) is 0.294. The highest BCUT2D eigenvalue weighted by atomic mass is 16.5. The van der Waals surface area contributed by atoms with Crippen LogP contribution in [0.4, 0.5) is 0 Å². The zero-order valence-corrected chi connectivity index (χ0v) is 14.0. The van der Waals surface area contributed by atoms with Gasteiger partial charge in [0.15, 0.2) is 11.2 Å². The van der Waals surface area contributed by atoms with E-state index in [1.165, 1.54) is 10.9 Å². The second-order valence-electron chi connectivity index (χ2n) is 5.68. The number of rotatable bonds is 5. The van der Waals surface area contributed by atoms with E-state index in [-0.39, 0.29) is 13.2 Å². The molecular formula is C17H18N4O4. The van der Waals surface area contributed by atoms with Gasteiger partial charge in [-0.2, -0.15) is 0 Å². The molecule has 0 aliphatic heterocycles. The Morgan fingerprint density at radius 1 is 1.16 bits per heavy atom. The molecule has 0 amide bonds. The number of imidazole rings is 1. The summed E-state index contributed by atoms with van der Waals surface area (Å²) in [4.78, 5) is 40.8. The van der Waals surface area contributed by atoms with Crippen molar-refractivity contribution in [2.45, 2.75) is 13.0 Å². The number of carbonyl (C=O) groups excluding carboxylic acids is 1. The minimum absolute atomic E-state index is 0.118. The summed E-state index contributed by atoms with van der Waals surface area (Å²) >= 11 is 0. The van der Waals surface area contributed by atoms with Crippen LogP contribution < -0.4 is 11.2 Å². The molecule has 2 heterocycles. The monoisotopic (exact) mass is 342 g/mol. The first-order valence-corrected chi connectivity index (χ1v) is 7.83. The van der Waals surface area contributed by atoms with Crippen LogP contribution in [0.3, 0.4) is 0 Å². The molecule has 3 aromatic rings. The Morgan fingerprint density at radius 3 is 2.60 bits per heavy atom. The quantitative estimate of drug-likeness (QED) is 0.503.